The molecule has 0 aliphatic carbocycles. The van der Waals surface area contributed by atoms with Gasteiger partial charge in [0.1, 0.15) is 0 Å². The van der Waals surface area contributed by atoms with E-state index in [9.17, 15) is 0 Å². The Hall–Kier alpha value is -0.190. The maximum Gasteiger partial charge on any atom is 0.0985 e. The summed E-state index contributed by atoms with van der Waals surface area (Å²) in [4.78, 5) is 0. The van der Waals surface area contributed by atoms with E-state index in [-0.39, 0.29) is 0 Å². The van der Waals surface area contributed by atoms with Crippen LogP contribution in [0.5, 0.6) is 0 Å². The van der Waals surface area contributed by atoms with Crippen LogP contribution in [0.15, 0.2) is 18.2 Å². The fourth-order valence-electron chi connectivity index (χ4n) is 0.922. The standard InChI is InChI=1S/C6H9B2N2P2/c7-8-5-3-4(9-11)1-2-6(5)10-12/h1-3,9-10H,11-12H2. The first-order valence-corrected chi connectivity index (χ1v) is 4.59. The molecule has 0 heterocycles. The van der Waals surface area contributed by atoms with Crippen molar-refractivity contribution in [2.45, 2.75) is 0 Å². The van der Waals surface area contributed by atoms with Gasteiger partial charge in [0.25, 0.3) is 0 Å². The number of hydrogen-bond acceptors (Lipinski definition) is 2. The first-order valence-electron chi connectivity index (χ1n) is 3.44. The summed E-state index contributed by atoms with van der Waals surface area (Å²) in [6, 6.07) is 5.88. The highest BCUT2D eigenvalue weighted by molar-refractivity contribution is 7.19. The van der Waals surface area contributed by atoms with Crippen LogP contribution in [0.2, 0.25) is 0 Å². The van der Waals surface area contributed by atoms with E-state index in [0.717, 1.165) is 16.8 Å². The summed E-state index contributed by atoms with van der Waals surface area (Å²) in [5.74, 6) is 0. The zero-order chi connectivity index (χ0) is 8.97. The summed E-state index contributed by atoms with van der Waals surface area (Å²) in [7, 11) is 11.9. The van der Waals surface area contributed by atoms with Gasteiger partial charge in [-0.15, -0.1) is 0 Å². The predicted octanol–water partition coefficient (Wildman–Crippen LogP) is 0.504. The van der Waals surface area contributed by atoms with Gasteiger partial charge in [-0.3, -0.25) is 0 Å². The van der Waals surface area contributed by atoms with E-state index in [1.54, 1.807) is 7.17 Å². The van der Waals surface area contributed by atoms with E-state index < -0.39 is 0 Å². The smallest absolute Gasteiger partial charge is 0.0985 e. The molecule has 0 aliphatic rings. The molecule has 12 heavy (non-hydrogen) atoms. The van der Waals surface area contributed by atoms with Crippen LogP contribution < -0.4 is 15.6 Å². The minimum absolute atomic E-state index is 0.970. The van der Waals surface area contributed by atoms with Crippen LogP contribution in [-0.2, 0) is 0 Å². The first-order chi connectivity index (χ1) is 5.81. The fourth-order valence-corrected chi connectivity index (χ4v) is 1.36. The summed E-state index contributed by atoms with van der Waals surface area (Å²) in [5, 5.41) is 5.93. The average molecular weight is 193 g/mol. The third-order valence-electron chi connectivity index (χ3n) is 1.55. The highest BCUT2D eigenvalue weighted by Crippen LogP contribution is 2.13. The van der Waals surface area contributed by atoms with Crippen LogP contribution >= 0.6 is 18.8 Å². The number of benzene rings is 1. The molecule has 6 heteroatoms. The van der Waals surface area contributed by atoms with Crippen LogP contribution in [-0.4, -0.2) is 14.9 Å². The summed E-state index contributed by atoms with van der Waals surface area (Å²) in [6.07, 6.45) is 0. The Labute approximate surface area is 79.4 Å². The van der Waals surface area contributed by atoms with Crippen molar-refractivity contribution < 1.29 is 0 Å². The predicted molar refractivity (Wildman–Crippen MR) is 64.2 cm³/mol. The van der Waals surface area contributed by atoms with Gasteiger partial charge in [0.15, 0.2) is 0 Å². The lowest BCUT2D eigenvalue weighted by molar-refractivity contribution is 1.71. The van der Waals surface area contributed by atoms with Crippen molar-refractivity contribution in [3.8, 4) is 0 Å². The summed E-state index contributed by atoms with van der Waals surface area (Å²) in [6.45, 7) is 0. The molecule has 1 aromatic rings. The Bertz CT molecular complexity index is 270. The number of nitrogens with one attached hydrogen (secondary N) is 2. The van der Waals surface area contributed by atoms with Crippen molar-refractivity contribution in [2.75, 3.05) is 10.2 Å². The fraction of sp³-hybridized carbons (Fsp3) is 0. The normalized spacial score (nSPS) is 9.17. The second kappa shape index (κ2) is 4.74. The van der Waals surface area contributed by atoms with E-state index in [1.807, 2.05) is 18.2 Å². The van der Waals surface area contributed by atoms with Crippen molar-refractivity contribution in [3.63, 3.8) is 0 Å². The summed E-state index contributed by atoms with van der Waals surface area (Å²) < 4.78 is 0. The minimum atomic E-state index is 0.970. The Morgan fingerprint density at radius 2 is 2.00 bits per heavy atom. The van der Waals surface area contributed by atoms with E-state index in [4.69, 9.17) is 7.74 Å². The molecule has 0 aromatic heterocycles. The number of hydrogen-bond donors (Lipinski definition) is 2. The largest absolute Gasteiger partial charge is 0.370 e. The van der Waals surface area contributed by atoms with E-state index in [2.05, 4.69) is 29.0 Å². The maximum absolute atomic E-state index is 5.44. The minimum Gasteiger partial charge on any atom is -0.370 e. The average Bonchev–Trinajstić information content (AvgIpc) is 2.16. The molecule has 0 saturated heterocycles. The summed E-state index contributed by atoms with van der Waals surface area (Å²) in [5.41, 5.74) is 2.98. The van der Waals surface area contributed by atoms with Crippen LogP contribution in [0.3, 0.4) is 0 Å². The van der Waals surface area contributed by atoms with Crippen LogP contribution in [0, 0.1) is 0 Å². The molecule has 0 bridgehead atoms. The molecule has 0 saturated carbocycles. The summed E-state index contributed by atoms with van der Waals surface area (Å²) >= 11 is 0. The Balaban J connectivity index is 3.02. The second-order valence-electron chi connectivity index (χ2n) is 2.26. The van der Waals surface area contributed by atoms with Gasteiger partial charge in [-0.2, -0.15) is 0 Å². The molecular formula is C6H9B2N2P2. The van der Waals surface area contributed by atoms with Crippen LogP contribution in [0.25, 0.3) is 0 Å². The van der Waals surface area contributed by atoms with Gasteiger partial charge >= 0.3 is 0 Å². The molecule has 2 atom stereocenters. The van der Waals surface area contributed by atoms with Crippen molar-refractivity contribution in [3.05, 3.63) is 18.2 Å². The number of anilines is 2. The molecular weight excluding hydrogens is 184 g/mol. The lowest BCUT2D eigenvalue weighted by atomic mass is 9.51. The molecule has 3 radical (unpaired) electrons. The highest BCUT2D eigenvalue weighted by Gasteiger charge is 1.98. The molecule has 0 spiro atoms. The molecule has 2 N–H and O–H groups in total. The van der Waals surface area contributed by atoms with Crippen LogP contribution in [0.1, 0.15) is 0 Å². The quantitative estimate of drug-likeness (QED) is 0.539. The molecule has 1 aromatic carbocycles. The highest BCUT2D eigenvalue weighted by atomic mass is 31.0. The SMILES string of the molecule is [B][B]c1cc(NP)ccc1NP. The molecule has 0 aliphatic heterocycles. The molecule has 2 unspecified atom stereocenters. The van der Waals surface area contributed by atoms with Gasteiger partial charge in [0.05, 0.1) is 7.17 Å². The third-order valence-corrected chi connectivity index (χ3v) is 2.20. The second-order valence-corrected chi connectivity index (χ2v) is 2.83. The molecule has 0 amide bonds. The van der Waals surface area contributed by atoms with Crippen molar-refractivity contribution in [1.29, 1.82) is 0 Å². The first kappa shape index (κ1) is 9.89. The number of rotatable bonds is 3. The molecule has 59 valence electrons. The Kier molecular flexibility index (Phi) is 3.91. The maximum atomic E-state index is 5.44. The third kappa shape index (κ3) is 2.15. The molecule has 1 rings (SSSR count). The van der Waals surface area contributed by atoms with E-state index in [0.29, 0.717) is 0 Å². The van der Waals surface area contributed by atoms with Crippen LogP contribution in [0.4, 0.5) is 11.4 Å². The Morgan fingerprint density at radius 1 is 1.25 bits per heavy atom. The van der Waals surface area contributed by atoms with Gasteiger partial charge < -0.3 is 10.2 Å². The van der Waals surface area contributed by atoms with Gasteiger partial charge in [-0.05, 0) is 37.0 Å². The molecule has 0 fully saturated rings. The van der Waals surface area contributed by atoms with Crippen molar-refractivity contribution in [2.24, 2.45) is 0 Å². The van der Waals surface area contributed by atoms with E-state index >= 15 is 0 Å². The van der Waals surface area contributed by atoms with Crippen molar-refractivity contribution in [1.82, 2.24) is 0 Å². The van der Waals surface area contributed by atoms with Gasteiger partial charge in [0, 0.05) is 19.1 Å². The van der Waals surface area contributed by atoms with Gasteiger partial charge in [-0.1, -0.05) is 5.46 Å². The molecule has 2 nitrogen and oxygen atoms in total. The van der Waals surface area contributed by atoms with Gasteiger partial charge in [0.2, 0.25) is 0 Å². The van der Waals surface area contributed by atoms with E-state index in [1.165, 1.54) is 0 Å². The zero-order valence-corrected chi connectivity index (χ0v) is 8.85. The van der Waals surface area contributed by atoms with Crippen molar-refractivity contribution >= 4 is 50.5 Å². The lowest BCUT2D eigenvalue weighted by Gasteiger charge is -2.09. The van der Waals surface area contributed by atoms with Gasteiger partial charge in [-0.25, -0.2) is 0 Å². The lowest BCUT2D eigenvalue weighted by Crippen LogP contribution is -2.17. The monoisotopic (exact) mass is 193 g/mol. The zero-order valence-electron chi connectivity index (χ0n) is 6.54. The Morgan fingerprint density at radius 3 is 2.50 bits per heavy atom. The topological polar surface area (TPSA) is 24.1 Å².